The van der Waals surface area contributed by atoms with Gasteiger partial charge in [-0.15, -0.1) is 0 Å². The first-order chi connectivity index (χ1) is 11.4. The zero-order valence-electron chi connectivity index (χ0n) is 13.2. The molecule has 1 aliphatic rings. The van der Waals surface area contributed by atoms with Crippen LogP contribution in [0.3, 0.4) is 0 Å². The van der Waals surface area contributed by atoms with E-state index < -0.39 is 28.9 Å². The standard InChI is InChI=1S/C16H20N2O6/c19-14(11-24-13-8-4-3-7-12(13)18(22)23)17-16(15(20)21)9-5-1-2-6-10-16/h3-4,7-8H,1-2,5-6,9-11H2,(H,17,19)(H,20,21). The summed E-state index contributed by atoms with van der Waals surface area (Å²) in [6.45, 7) is -0.472. The topological polar surface area (TPSA) is 119 Å². The minimum absolute atomic E-state index is 0.0251. The Morgan fingerprint density at radius 3 is 2.42 bits per heavy atom. The van der Waals surface area contributed by atoms with Gasteiger partial charge in [0.2, 0.25) is 0 Å². The fourth-order valence-electron chi connectivity index (χ4n) is 2.90. The predicted molar refractivity (Wildman–Crippen MR) is 84.8 cm³/mol. The summed E-state index contributed by atoms with van der Waals surface area (Å²) in [6, 6.07) is 5.72. The van der Waals surface area contributed by atoms with Gasteiger partial charge in [-0.3, -0.25) is 14.9 Å². The van der Waals surface area contributed by atoms with Crippen molar-refractivity contribution in [2.45, 2.75) is 44.1 Å². The largest absolute Gasteiger partial charge is 0.480 e. The number of nitrogens with one attached hydrogen (secondary N) is 1. The number of carbonyl (C=O) groups is 2. The van der Waals surface area contributed by atoms with Crippen LogP contribution < -0.4 is 10.1 Å². The van der Waals surface area contributed by atoms with Gasteiger partial charge in [-0.2, -0.15) is 0 Å². The molecule has 0 saturated heterocycles. The Balaban J connectivity index is 2.02. The number of aliphatic carboxylic acids is 1. The lowest BCUT2D eigenvalue weighted by atomic mass is 9.90. The lowest BCUT2D eigenvalue weighted by molar-refractivity contribution is -0.385. The summed E-state index contributed by atoms with van der Waals surface area (Å²) >= 11 is 0. The van der Waals surface area contributed by atoms with E-state index in [1.165, 1.54) is 18.2 Å². The van der Waals surface area contributed by atoms with Crippen LogP contribution in [0.15, 0.2) is 24.3 Å². The summed E-state index contributed by atoms with van der Waals surface area (Å²) in [7, 11) is 0. The van der Waals surface area contributed by atoms with Crippen molar-refractivity contribution in [1.82, 2.24) is 5.32 Å². The molecular weight excluding hydrogens is 316 g/mol. The van der Waals surface area contributed by atoms with E-state index in [0.717, 1.165) is 25.7 Å². The summed E-state index contributed by atoms with van der Waals surface area (Å²) in [5.41, 5.74) is -1.52. The number of hydrogen-bond donors (Lipinski definition) is 2. The summed E-state index contributed by atoms with van der Waals surface area (Å²) < 4.78 is 5.21. The molecule has 1 saturated carbocycles. The molecule has 1 fully saturated rings. The Hall–Kier alpha value is -2.64. The number of carboxylic acid groups (broad SMARTS) is 1. The van der Waals surface area contributed by atoms with Gasteiger partial charge in [0.1, 0.15) is 5.54 Å². The van der Waals surface area contributed by atoms with E-state index in [9.17, 15) is 24.8 Å². The fourth-order valence-corrected chi connectivity index (χ4v) is 2.90. The highest BCUT2D eigenvalue weighted by Crippen LogP contribution is 2.28. The highest BCUT2D eigenvalue weighted by atomic mass is 16.6. The minimum atomic E-state index is -1.28. The SMILES string of the molecule is O=C(COc1ccccc1[N+](=O)[O-])NC1(C(=O)O)CCCCCC1. The molecule has 1 aromatic carbocycles. The van der Waals surface area contributed by atoms with Gasteiger partial charge in [0.25, 0.3) is 5.91 Å². The Bertz CT molecular complexity index is 623. The van der Waals surface area contributed by atoms with Crippen LogP contribution in [0.1, 0.15) is 38.5 Å². The smallest absolute Gasteiger partial charge is 0.329 e. The van der Waals surface area contributed by atoms with Gasteiger partial charge < -0.3 is 15.2 Å². The Morgan fingerprint density at radius 2 is 1.83 bits per heavy atom. The van der Waals surface area contributed by atoms with Crippen LogP contribution in [0.5, 0.6) is 5.75 Å². The van der Waals surface area contributed by atoms with Crippen molar-refractivity contribution in [3.63, 3.8) is 0 Å². The maximum Gasteiger partial charge on any atom is 0.329 e. The highest BCUT2D eigenvalue weighted by Gasteiger charge is 2.40. The molecule has 8 nitrogen and oxygen atoms in total. The molecule has 0 radical (unpaired) electrons. The minimum Gasteiger partial charge on any atom is -0.480 e. The zero-order chi connectivity index (χ0) is 17.6. The van der Waals surface area contributed by atoms with Crippen LogP contribution >= 0.6 is 0 Å². The van der Waals surface area contributed by atoms with Crippen LogP contribution in [-0.2, 0) is 9.59 Å². The number of carbonyl (C=O) groups excluding carboxylic acids is 1. The molecule has 0 atom stereocenters. The average molecular weight is 336 g/mol. The summed E-state index contributed by atoms with van der Waals surface area (Å²) in [6.07, 6.45) is 4.10. The number of hydrogen-bond acceptors (Lipinski definition) is 5. The van der Waals surface area contributed by atoms with Crippen LogP contribution in [0.25, 0.3) is 0 Å². The monoisotopic (exact) mass is 336 g/mol. The van der Waals surface area contributed by atoms with Crippen LogP contribution in [-0.4, -0.2) is 34.1 Å². The van der Waals surface area contributed by atoms with Crippen molar-refractivity contribution in [2.75, 3.05) is 6.61 Å². The molecule has 0 bridgehead atoms. The molecule has 0 aromatic heterocycles. The van der Waals surface area contributed by atoms with Crippen molar-refractivity contribution in [1.29, 1.82) is 0 Å². The third kappa shape index (κ3) is 4.21. The third-order valence-electron chi connectivity index (χ3n) is 4.17. The van der Waals surface area contributed by atoms with E-state index in [1.54, 1.807) is 6.07 Å². The number of rotatable bonds is 6. The van der Waals surface area contributed by atoms with Gasteiger partial charge >= 0.3 is 11.7 Å². The molecule has 1 aliphatic carbocycles. The molecule has 2 N–H and O–H groups in total. The molecule has 0 unspecified atom stereocenters. The van der Waals surface area contributed by atoms with Gasteiger partial charge in [0.15, 0.2) is 12.4 Å². The number of nitro benzene ring substituents is 1. The number of para-hydroxylation sites is 2. The molecule has 8 heteroatoms. The number of amides is 1. The predicted octanol–water partition coefficient (Wildman–Crippen LogP) is 2.27. The number of carboxylic acids is 1. The summed E-state index contributed by atoms with van der Waals surface area (Å²) in [5.74, 6) is -1.68. The van der Waals surface area contributed by atoms with E-state index in [1.807, 2.05) is 0 Å². The van der Waals surface area contributed by atoms with Crippen molar-refractivity contribution in [3.05, 3.63) is 34.4 Å². The second-order valence-electron chi connectivity index (χ2n) is 5.86. The Kier molecular flexibility index (Phi) is 5.73. The second-order valence-corrected chi connectivity index (χ2v) is 5.86. The molecule has 2 rings (SSSR count). The van der Waals surface area contributed by atoms with E-state index in [0.29, 0.717) is 12.8 Å². The van der Waals surface area contributed by atoms with Gasteiger partial charge in [-0.05, 0) is 18.9 Å². The summed E-state index contributed by atoms with van der Waals surface area (Å²) in [5, 5.41) is 23.0. The Morgan fingerprint density at radius 1 is 1.21 bits per heavy atom. The molecule has 0 heterocycles. The van der Waals surface area contributed by atoms with Crippen LogP contribution in [0, 0.1) is 10.1 Å². The van der Waals surface area contributed by atoms with E-state index >= 15 is 0 Å². The lowest BCUT2D eigenvalue weighted by Crippen LogP contribution is -2.55. The van der Waals surface area contributed by atoms with Gasteiger partial charge in [0, 0.05) is 6.07 Å². The van der Waals surface area contributed by atoms with Crippen molar-refractivity contribution >= 4 is 17.6 Å². The quantitative estimate of drug-likeness (QED) is 0.467. The van der Waals surface area contributed by atoms with Gasteiger partial charge in [0.05, 0.1) is 4.92 Å². The molecule has 130 valence electrons. The number of nitro groups is 1. The highest BCUT2D eigenvalue weighted by molar-refractivity contribution is 5.87. The second kappa shape index (κ2) is 7.76. The molecule has 0 spiro atoms. The maximum atomic E-state index is 12.1. The number of nitrogens with zero attached hydrogens (tertiary/aromatic N) is 1. The summed E-state index contributed by atoms with van der Waals surface area (Å²) in [4.78, 5) is 34.1. The number of ether oxygens (including phenoxy) is 1. The van der Waals surface area contributed by atoms with Gasteiger partial charge in [-0.1, -0.05) is 37.8 Å². The average Bonchev–Trinajstić information content (AvgIpc) is 2.79. The van der Waals surface area contributed by atoms with Crippen molar-refractivity contribution in [2.24, 2.45) is 0 Å². The van der Waals surface area contributed by atoms with E-state index in [-0.39, 0.29) is 11.4 Å². The first kappa shape index (κ1) is 17.7. The molecule has 1 amide bonds. The van der Waals surface area contributed by atoms with Crippen LogP contribution in [0.4, 0.5) is 5.69 Å². The van der Waals surface area contributed by atoms with Gasteiger partial charge in [-0.25, -0.2) is 4.79 Å². The molecular formula is C16H20N2O6. The van der Waals surface area contributed by atoms with Crippen molar-refractivity contribution in [3.8, 4) is 5.75 Å². The van der Waals surface area contributed by atoms with Crippen LogP contribution in [0.2, 0.25) is 0 Å². The fraction of sp³-hybridized carbons (Fsp3) is 0.500. The lowest BCUT2D eigenvalue weighted by Gasteiger charge is -2.29. The molecule has 1 aromatic rings. The first-order valence-electron chi connectivity index (χ1n) is 7.85. The molecule has 0 aliphatic heterocycles. The third-order valence-corrected chi connectivity index (χ3v) is 4.17. The van der Waals surface area contributed by atoms with E-state index in [2.05, 4.69) is 5.32 Å². The normalized spacial score (nSPS) is 16.7. The zero-order valence-corrected chi connectivity index (χ0v) is 13.2. The van der Waals surface area contributed by atoms with E-state index in [4.69, 9.17) is 4.74 Å². The first-order valence-corrected chi connectivity index (χ1v) is 7.85. The maximum absolute atomic E-state index is 12.1. The Labute approximate surface area is 139 Å². The van der Waals surface area contributed by atoms with Crippen molar-refractivity contribution < 1.29 is 24.4 Å². The molecule has 24 heavy (non-hydrogen) atoms. The number of benzene rings is 1.